The Morgan fingerprint density at radius 3 is 2.61 bits per heavy atom. The van der Waals surface area contributed by atoms with Gasteiger partial charge in [0.1, 0.15) is 12.3 Å². The number of alkyl halides is 1. The van der Waals surface area contributed by atoms with Crippen molar-refractivity contribution in [3.8, 4) is 6.07 Å². The van der Waals surface area contributed by atoms with Crippen LogP contribution in [0.15, 0.2) is 15.8 Å². The second-order valence-electron chi connectivity index (χ2n) is 9.30. The van der Waals surface area contributed by atoms with Crippen LogP contribution in [0.25, 0.3) is 0 Å². The zero-order valence-electron chi connectivity index (χ0n) is 19.0. The first-order valence-electron chi connectivity index (χ1n) is 10.7. The molecule has 3 rings (SSSR count). The van der Waals surface area contributed by atoms with Crippen molar-refractivity contribution in [1.29, 1.82) is 5.26 Å². The van der Waals surface area contributed by atoms with E-state index in [0.717, 1.165) is 6.42 Å². The van der Waals surface area contributed by atoms with Crippen molar-refractivity contribution < 1.29 is 13.4 Å². The number of rotatable bonds is 9. The first kappa shape index (κ1) is 24.1. The van der Waals surface area contributed by atoms with Crippen LogP contribution in [0.1, 0.15) is 59.1 Å². The molecular weight excluding hydrogens is 422 g/mol. The fourth-order valence-corrected chi connectivity index (χ4v) is 6.60. The lowest BCUT2D eigenvalue weighted by Gasteiger charge is -2.38. The van der Waals surface area contributed by atoms with Gasteiger partial charge in [0.2, 0.25) is 0 Å². The smallest absolute Gasteiger partial charge is 0.321 e. The van der Waals surface area contributed by atoms with Crippen molar-refractivity contribution in [1.82, 2.24) is 14.2 Å². The Kier molecular flexibility index (Phi) is 7.07. The first-order valence-corrected chi connectivity index (χ1v) is 11.9. The van der Waals surface area contributed by atoms with E-state index >= 15 is 4.39 Å². The average Bonchev–Trinajstić information content (AvgIpc) is 3.29. The minimum Gasteiger partial charge on any atom is -0.321 e. The maximum absolute atomic E-state index is 15.8. The van der Waals surface area contributed by atoms with Gasteiger partial charge < -0.3 is 9.05 Å². The summed E-state index contributed by atoms with van der Waals surface area (Å²) in [5.41, 5.74) is -1.10. The molecule has 2 saturated carbocycles. The molecule has 1 aromatic rings. The lowest BCUT2D eigenvalue weighted by atomic mass is 10.0. The van der Waals surface area contributed by atoms with E-state index in [2.05, 4.69) is 15.7 Å². The number of H-pyrrole nitrogens is 1. The van der Waals surface area contributed by atoms with Crippen LogP contribution in [0, 0.1) is 29.6 Å². The molecular formula is C21H32FN4O4P. The van der Waals surface area contributed by atoms with Gasteiger partial charge in [-0.05, 0) is 47.0 Å². The van der Waals surface area contributed by atoms with Gasteiger partial charge in [-0.25, -0.2) is 13.9 Å². The van der Waals surface area contributed by atoms with Crippen molar-refractivity contribution in [2.75, 3.05) is 6.61 Å². The summed E-state index contributed by atoms with van der Waals surface area (Å²) in [5.74, 6) is -0.0574. The normalized spacial score (nSPS) is 30.6. The highest BCUT2D eigenvalue weighted by Gasteiger charge is 2.71. The molecule has 0 aromatic carbocycles. The Morgan fingerprint density at radius 2 is 2.03 bits per heavy atom. The molecule has 1 unspecified atom stereocenters. The molecule has 0 spiro atoms. The minimum atomic E-state index is -1.59. The molecule has 1 heterocycles. The number of aromatic nitrogens is 2. The Hall–Kier alpha value is -1.59. The summed E-state index contributed by atoms with van der Waals surface area (Å²) in [6, 6.07) is 1.58. The molecule has 2 aliphatic rings. The van der Waals surface area contributed by atoms with Crippen LogP contribution in [0.4, 0.5) is 4.39 Å². The van der Waals surface area contributed by atoms with Gasteiger partial charge >= 0.3 is 5.69 Å². The number of nitriles is 1. The Morgan fingerprint density at radius 1 is 1.39 bits per heavy atom. The summed E-state index contributed by atoms with van der Waals surface area (Å²) in [6.45, 7) is 11.9. The first-order chi connectivity index (χ1) is 14.5. The quantitative estimate of drug-likeness (QED) is 0.453. The molecule has 172 valence electrons. The van der Waals surface area contributed by atoms with Crippen LogP contribution in [0.2, 0.25) is 0 Å². The topological polar surface area (TPSA) is 100 Å². The number of nitrogens with zero attached hydrogens (tertiary/aromatic N) is 3. The monoisotopic (exact) mass is 454 g/mol. The third-order valence-corrected chi connectivity index (χ3v) is 8.47. The van der Waals surface area contributed by atoms with Gasteiger partial charge in [0.25, 0.3) is 14.1 Å². The van der Waals surface area contributed by atoms with E-state index in [1.54, 1.807) is 6.92 Å². The number of aromatic amines is 1. The highest BCUT2D eigenvalue weighted by molar-refractivity contribution is 7.44. The molecule has 10 heteroatoms. The Bertz CT molecular complexity index is 950. The van der Waals surface area contributed by atoms with Crippen molar-refractivity contribution >= 4 is 8.53 Å². The van der Waals surface area contributed by atoms with Gasteiger partial charge in [0, 0.05) is 29.3 Å². The number of hydrogen-bond donors (Lipinski definition) is 1. The van der Waals surface area contributed by atoms with Gasteiger partial charge in [-0.15, -0.1) is 0 Å². The molecule has 2 fully saturated rings. The van der Waals surface area contributed by atoms with Crippen molar-refractivity contribution in [3.63, 3.8) is 0 Å². The summed E-state index contributed by atoms with van der Waals surface area (Å²) in [6.07, 6.45) is 0.246. The van der Waals surface area contributed by atoms with Crippen LogP contribution >= 0.6 is 8.53 Å². The standard InChI is InChI=1S/C21H32FN4O4P/c1-12(2)26(13(3)4)31(29-9-7-8-23)30-18-16(22)17(15-10-21(15,18)6)25-11-14(5)19(27)24-20(25)28/h11-13,15-18H,7,9-10H2,1-6H3,(H,24,27,28)/t15-,16-,17-,18+,21-,31?/m1/s1. The predicted molar refractivity (Wildman–Crippen MR) is 116 cm³/mol. The molecule has 0 bridgehead atoms. The second-order valence-corrected chi connectivity index (χ2v) is 10.7. The van der Waals surface area contributed by atoms with Crippen molar-refractivity contribution in [2.24, 2.45) is 11.3 Å². The highest BCUT2D eigenvalue weighted by atomic mass is 31.2. The van der Waals surface area contributed by atoms with Gasteiger partial charge in [0.15, 0.2) is 0 Å². The fraction of sp³-hybridized carbons (Fsp3) is 0.762. The van der Waals surface area contributed by atoms with Crippen LogP contribution < -0.4 is 11.2 Å². The van der Waals surface area contributed by atoms with Gasteiger partial charge in [-0.2, -0.15) is 5.26 Å². The van der Waals surface area contributed by atoms with Gasteiger partial charge in [-0.1, -0.05) is 6.92 Å². The Labute approximate surface area is 183 Å². The lowest BCUT2D eigenvalue weighted by Crippen LogP contribution is -2.40. The number of aryl methyl sites for hydroxylation is 1. The molecule has 2 aliphatic carbocycles. The van der Waals surface area contributed by atoms with Crippen LogP contribution in [-0.4, -0.2) is 45.2 Å². The van der Waals surface area contributed by atoms with Gasteiger partial charge in [0.05, 0.1) is 25.1 Å². The SMILES string of the molecule is Cc1cn([C@H]2[C@@H](F)[C@H](OP(OCCC#N)N(C(C)C)C(C)C)[C@]3(C)C[C@H]23)c(=O)[nH]c1=O. The van der Waals surface area contributed by atoms with E-state index in [-0.39, 0.29) is 31.0 Å². The van der Waals surface area contributed by atoms with Gasteiger partial charge in [-0.3, -0.25) is 14.3 Å². The molecule has 1 N–H and O–H groups in total. The summed E-state index contributed by atoms with van der Waals surface area (Å²) in [7, 11) is -1.59. The Balaban J connectivity index is 1.89. The van der Waals surface area contributed by atoms with Crippen molar-refractivity contribution in [2.45, 2.75) is 84.8 Å². The van der Waals surface area contributed by atoms with Crippen LogP contribution in [0.3, 0.4) is 0 Å². The number of nitrogens with one attached hydrogen (secondary N) is 1. The molecule has 0 aliphatic heterocycles. The molecule has 31 heavy (non-hydrogen) atoms. The molecule has 8 nitrogen and oxygen atoms in total. The van der Waals surface area contributed by atoms with Crippen LogP contribution in [0.5, 0.6) is 0 Å². The number of halogens is 1. The maximum Gasteiger partial charge on any atom is 0.328 e. The summed E-state index contributed by atoms with van der Waals surface area (Å²) in [5, 5.41) is 8.89. The van der Waals surface area contributed by atoms with Crippen molar-refractivity contribution in [3.05, 3.63) is 32.6 Å². The minimum absolute atomic E-state index is 0.0574. The van der Waals surface area contributed by atoms with E-state index in [1.807, 2.05) is 34.6 Å². The zero-order valence-corrected chi connectivity index (χ0v) is 19.9. The molecule has 0 amide bonds. The maximum atomic E-state index is 15.8. The number of hydrogen-bond acceptors (Lipinski definition) is 6. The van der Waals surface area contributed by atoms with E-state index in [1.165, 1.54) is 10.8 Å². The molecule has 6 atom stereocenters. The third kappa shape index (κ3) is 4.49. The lowest BCUT2D eigenvalue weighted by molar-refractivity contribution is 0.0371. The molecule has 1 aromatic heterocycles. The average molecular weight is 454 g/mol. The second kappa shape index (κ2) is 9.11. The molecule has 0 radical (unpaired) electrons. The summed E-state index contributed by atoms with van der Waals surface area (Å²) in [4.78, 5) is 26.5. The van der Waals surface area contributed by atoms with E-state index in [0.29, 0.717) is 5.56 Å². The molecule has 0 saturated heterocycles. The summed E-state index contributed by atoms with van der Waals surface area (Å²) >= 11 is 0. The third-order valence-electron chi connectivity index (χ3n) is 6.36. The largest absolute Gasteiger partial charge is 0.328 e. The summed E-state index contributed by atoms with van der Waals surface area (Å²) < 4.78 is 31.5. The highest BCUT2D eigenvalue weighted by Crippen LogP contribution is 2.70. The van der Waals surface area contributed by atoms with E-state index < -0.39 is 43.5 Å². The zero-order chi connectivity index (χ0) is 23.1. The number of fused-ring (bicyclic) bond motifs is 1. The van der Waals surface area contributed by atoms with E-state index in [4.69, 9.17) is 14.3 Å². The fourth-order valence-electron chi connectivity index (χ4n) is 4.74. The van der Waals surface area contributed by atoms with E-state index in [9.17, 15) is 9.59 Å². The van der Waals surface area contributed by atoms with Crippen LogP contribution in [-0.2, 0) is 9.05 Å². The predicted octanol–water partition coefficient (Wildman–Crippen LogP) is 3.43.